The molecule has 0 spiro atoms. The Bertz CT molecular complexity index is 648. The lowest BCUT2D eigenvalue weighted by atomic mass is 10.1. The van der Waals surface area contributed by atoms with Crippen molar-refractivity contribution >= 4 is 34.9 Å². The molecule has 24 heavy (non-hydrogen) atoms. The van der Waals surface area contributed by atoms with Gasteiger partial charge in [-0.25, -0.2) is 0 Å². The highest BCUT2D eigenvalue weighted by molar-refractivity contribution is 7.99. The average molecular weight is 368 g/mol. The van der Waals surface area contributed by atoms with Crippen molar-refractivity contribution in [3.05, 3.63) is 49.1 Å². The molecule has 0 bridgehead atoms. The molecule has 1 atom stereocenters. The molecular weight excluding hydrogens is 342 g/mol. The first-order chi connectivity index (χ1) is 11.1. The highest BCUT2D eigenvalue weighted by Gasteiger charge is 2.10. The molecule has 5 heteroatoms. The number of halogens is 1. The number of aliphatic hydroxyl groups is 1. The maximum absolute atomic E-state index is 10.00. The third kappa shape index (κ3) is 6.02. The second kappa shape index (κ2) is 10.6. The summed E-state index contributed by atoms with van der Waals surface area (Å²) in [4.78, 5) is 1.22. The second-order valence-electron chi connectivity index (χ2n) is 5.73. The largest absolute Gasteiger partial charge is 0.490 e. The normalized spacial score (nSPS) is 12.0. The molecule has 0 fully saturated rings. The Labute approximate surface area is 154 Å². The lowest BCUT2D eigenvalue weighted by Crippen LogP contribution is -2.35. The van der Waals surface area contributed by atoms with E-state index in [0.29, 0.717) is 12.6 Å². The number of ether oxygens (including phenoxy) is 1. The molecule has 0 radical (unpaired) electrons. The fourth-order valence-electron chi connectivity index (χ4n) is 2.26. The van der Waals surface area contributed by atoms with Crippen molar-refractivity contribution in [2.24, 2.45) is 0 Å². The van der Waals surface area contributed by atoms with Crippen LogP contribution in [0.4, 0.5) is 0 Å². The van der Waals surface area contributed by atoms with Crippen LogP contribution in [0.5, 0.6) is 5.75 Å². The summed E-state index contributed by atoms with van der Waals surface area (Å²) in [5.74, 6) is 1.69. The fraction of sp³-hybridized carbons (Fsp3) is 0.368. The molecule has 0 saturated carbocycles. The number of hydrogen-bond donors (Lipinski definition) is 2. The van der Waals surface area contributed by atoms with Gasteiger partial charge in [-0.3, -0.25) is 0 Å². The van der Waals surface area contributed by atoms with Gasteiger partial charge in [0.15, 0.2) is 0 Å². The lowest BCUT2D eigenvalue weighted by Gasteiger charge is -2.16. The Morgan fingerprint density at radius 2 is 1.92 bits per heavy atom. The predicted octanol–water partition coefficient (Wildman–Crippen LogP) is 4.28. The molecule has 0 aliphatic rings. The molecule has 0 amide bonds. The van der Waals surface area contributed by atoms with Crippen LogP contribution >= 0.6 is 24.2 Å². The van der Waals surface area contributed by atoms with Crippen LogP contribution in [0.25, 0.3) is 10.8 Å². The van der Waals surface area contributed by atoms with Gasteiger partial charge in [0.25, 0.3) is 0 Å². The number of thioether (sulfide) groups is 1. The Balaban J connectivity index is 0.00000288. The lowest BCUT2D eigenvalue weighted by molar-refractivity contribution is 0.105. The van der Waals surface area contributed by atoms with Crippen molar-refractivity contribution in [2.75, 3.05) is 18.9 Å². The summed E-state index contributed by atoms with van der Waals surface area (Å²) in [6, 6.07) is 12.6. The molecule has 132 valence electrons. The van der Waals surface area contributed by atoms with Gasteiger partial charge in [0.1, 0.15) is 18.5 Å². The first-order valence-electron chi connectivity index (χ1n) is 7.91. The summed E-state index contributed by atoms with van der Waals surface area (Å²) < 4.78 is 5.85. The molecule has 0 aliphatic heterocycles. The highest BCUT2D eigenvalue weighted by atomic mass is 35.5. The van der Waals surface area contributed by atoms with Crippen LogP contribution in [0.1, 0.15) is 13.8 Å². The molecular formula is C19H26ClNO2S. The molecule has 2 N–H and O–H groups in total. The van der Waals surface area contributed by atoms with E-state index in [1.807, 2.05) is 24.3 Å². The highest BCUT2D eigenvalue weighted by Crippen LogP contribution is 2.34. The van der Waals surface area contributed by atoms with Crippen LogP contribution < -0.4 is 10.1 Å². The zero-order valence-corrected chi connectivity index (χ0v) is 15.8. The van der Waals surface area contributed by atoms with Crippen molar-refractivity contribution in [2.45, 2.75) is 30.9 Å². The van der Waals surface area contributed by atoms with Gasteiger partial charge in [0.2, 0.25) is 0 Å². The molecule has 1 unspecified atom stereocenters. The maximum Gasteiger partial charge on any atom is 0.127 e. The number of benzene rings is 2. The third-order valence-corrected chi connectivity index (χ3v) is 4.46. The summed E-state index contributed by atoms with van der Waals surface area (Å²) in [6.07, 6.45) is 1.38. The average Bonchev–Trinajstić information content (AvgIpc) is 2.56. The van der Waals surface area contributed by atoms with Gasteiger partial charge in [-0.2, -0.15) is 0 Å². The maximum atomic E-state index is 10.00. The SMILES string of the molecule is C=CCSc1ccc(OCC(O)CNC(C)C)c2ccccc12.Cl. The molecule has 0 aliphatic carbocycles. The van der Waals surface area contributed by atoms with Crippen LogP contribution in [0.3, 0.4) is 0 Å². The van der Waals surface area contributed by atoms with E-state index in [9.17, 15) is 5.11 Å². The van der Waals surface area contributed by atoms with Gasteiger partial charge in [-0.05, 0) is 17.5 Å². The van der Waals surface area contributed by atoms with Crippen molar-refractivity contribution in [3.8, 4) is 5.75 Å². The molecule has 2 aromatic rings. The summed E-state index contributed by atoms with van der Waals surface area (Å²) >= 11 is 1.76. The van der Waals surface area contributed by atoms with Crippen LogP contribution in [-0.4, -0.2) is 36.2 Å². The van der Waals surface area contributed by atoms with Gasteiger partial charge >= 0.3 is 0 Å². The second-order valence-corrected chi connectivity index (χ2v) is 6.80. The van der Waals surface area contributed by atoms with Gasteiger partial charge in [0, 0.05) is 28.6 Å². The molecule has 0 heterocycles. The number of aliphatic hydroxyl groups excluding tert-OH is 1. The first kappa shape index (κ1) is 20.8. The van der Waals surface area contributed by atoms with Crippen molar-refractivity contribution < 1.29 is 9.84 Å². The van der Waals surface area contributed by atoms with Crippen LogP contribution in [0.15, 0.2) is 53.9 Å². The van der Waals surface area contributed by atoms with Gasteiger partial charge in [0.05, 0.1) is 0 Å². The van der Waals surface area contributed by atoms with E-state index in [0.717, 1.165) is 16.9 Å². The fourth-order valence-corrected chi connectivity index (χ4v) is 3.06. The summed E-state index contributed by atoms with van der Waals surface area (Å²) in [5, 5.41) is 15.5. The Hall–Kier alpha value is -1.20. The Morgan fingerprint density at radius 3 is 2.58 bits per heavy atom. The van der Waals surface area contributed by atoms with E-state index in [1.54, 1.807) is 11.8 Å². The first-order valence-corrected chi connectivity index (χ1v) is 8.90. The number of nitrogens with one attached hydrogen (secondary N) is 1. The molecule has 0 aromatic heterocycles. The van der Waals surface area contributed by atoms with Gasteiger partial charge < -0.3 is 15.2 Å². The minimum absolute atomic E-state index is 0. The van der Waals surface area contributed by atoms with E-state index in [2.05, 4.69) is 43.9 Å². The monoisotopic (exact) mass is 367 g/mol. The Morgan fingerprint density at radius 1 is 1.21 bits per heavy atom. The smallest absolute Gasteiger partial charge is 0.127 e. The molecule has 2 rings (SSSR count). The number of fused-ring (bicyclic) bond motifs is 1. The van der Waals surface area contributed by atoms with E-state index in [1.165, 1.54) is 10.3 Å². The third-order valence-electron chi connectivity index (χ3n) is 3.39. The molecule has 2 aromatic carbocycles. The zero-order valence-electron chi connectivity index (χ0n) is 14.2. The molecule has 3 nitrogen and oxygen atoms in total. The van der Waals surface area contributed by atoms with E-state index in [-0.39, 0.29) is 19.0 Å². The van der Waals surface area contributed by atoms with Gasteiger partial charge in [-0.1, -0.05) is 44.2 Å². The van der Waals surface area contributed by atoms with Crippen LogP contribution in [0.2, 0.25) is 0 Å². The quantitative estimate of drug-likeness (QED) is 0.512. The minimum Gasteiger partial charge on any atom is -0.490 e. The van der Waals surface area contributed by atoms with Crippen LogP contribution in [0, 0.1) is 0 Å². The van der Waals surface area contributed by atoms with E-state index in [4.69, 9.17) is 4.74 Å². The molecule has 0 saturated heterocycles. The zero-order chi connectivity index (χ0) is 16.7. The van der Waals surface area contributed by atoms with Gasteiger partial charge in [-0.15, -0.1) is 30.7 Å². The summed E-state index contributed by atoms with van der Waals surface area (Å²) in [6.45, 7) is 8.70. The Kier molecular flexibility index (Phi) is 9.22. The predicted molar refractivity (Wildman–Crippen MR) is 107 cm³/mol. The summed E-state index contributed by atoms with van der Waals surface area (Å²) in [5.41, 5.74) is 0. The topological polar surface area (TPSA) is 41.5 Å². The van der Waals surface area contributed by atoms with Crippen LogP contribution in [-0.2, 0) is 0 Å². The number of rotatable bonds is 9. The van der Waals surface area contributed by atoms with E-state index < -0.39 is 6.10 Å². The van der Waals surface area contributed by atoms with Crippen molar-refractivity contribution in [1.82, 2.24) is 5.32 Å². The summed E-state index contributed by atoms with van der Waals surface area (Å²) in [7, 11) is 0. The van der Waals surface area contributed by atoms with Crippen molar-refractivity contribution in [1.29, 1.82) is 0 Å². The van der Waals surface area contributed by atoms with E-state index >= 15 is 0 Å². The standard InChI is InChI=1S/C19H25NO2S.ClH/c1-4-11-23-19-10-9-18(16-7-5-6-8-17(16)19)22-13-15(21)12-20-14(2)3;/h4-10,14-15,20-21H,1,11-13H2,2-3H3;1H. The minimum atomic E-state index is -0.522. The van der Waals surface area contributed by atoms with Crippen molar-refractivity contribution in [3.63, 3.8) is 0 Å². The number of hydrogen-bond acceptors (Lipinski definition) is 4.